The first-order valence-electron chi connectivity index (χ1n) is 16.9. The van der Waals surface area contributed by atoms with Crippen molar-refractivity contribution in [3.05, 3.63) is 36.5 Å². The Morgan fingerprint density at radius 1 is 1.11 bits per heavy atom. The smallest absolute Gasteiger partial charge is 0.407 e. The van der Waals surface area contributed by atoms with Crippen LogP contribution < -0.4 is 14.5 Å². The summed E-state index contributed by atoms with van der Waals surface area (Å²) in [5.41, 5.74) is 0.258. The van der Waals surface area contributed by atoms with Gasteiger partial charge in [-0.15, -0.1) is 0 Å². The Kier molecular flexibility index (Phi) is 10.1. The average Bonchev–Trinajstić information content (AvgIpc) is 2.98. The average molecular weight is 639 g/mol. The number of halogens is 1. The van der Waals surface area contributed by atoms with Crippen LogP contribution >= 0.6 is 0 Å². The molecule has 3 heterocycles. The molecule has 3 aliphatic rings. The fraction of sp³-hybridized carbons (Fsp3) is 0.657. The molecule has 252 valence electrons. The molecule has 2 saturated heterocycles. The van der Waals surface area contributed by atoms with Crippen LogP contribution in [-0.4, -0.2) is 87.7 Å². The van der Waals surface area contributed by atoms with Gasteiger partial charge in [0.2, 0.25) is 5.91 Å². The molecular weight excluding hydrogens is 587 g/mol. The van der Waals surface area contributed by atoms with Crippen molar-refractivity contribution in [2.24, 2.45) is 17.3 Å². The Morgan fingerprint density at radius 2 is 1.78 bits per heavy atom. The summed E-state index contributed by atoms with van der Waals surface area (Å²) in [6.07, 6.45) is 8.63. The van der Waals surface area contributed by atoms with Gasteiger partial charge in [-0.3, -0.25) is 4.79 Å². The molecule has 1 aliphatic carbocycles. The van der Waals surface area contributed by atoms with Crippen LogP contribution in [0.15, 0.2) is 30.7 Å². The van der Waals surface area contributed by atoms with Gasteiger partial charge in [0.15, 0.2) is 17.3 Å². The van der Waals surface area contributed by atoms with Gasteiger partial charge in [-0.05, 0) is 97.4 Å². The van der Waals surface area contributed by atoms with E-state index in [9.17, 15) is 19.1 Å². The topological polar surface area (TPSA) is 102 Å². The first-order valence-corrected chi connectivity index (χ1v) is 16.9. The molecule has 11 heteroatoms. The van der Waals surface area contributed by atoms with Gasteiger partial charge in [0, 0.05) is 55.2 Å². The minimum atomic E-state index is -0.811. The largest absolute Gasteiger partial charge is 0.465 e. The molecule has 0 bridgehead atoms. The zero-order valence-electron chi connectivity index (χ0n) is 28.3. The molecule has 5 rings (SSSR count). The van der Waals surface area contributed by atoms with Crippen LogP contribution in [-0.2, 0) is 4.79 Å². The van der Waals surface area contributed by atoms with Crippen molar-refractivity contribution in [1.82, 2.24) is 19.8 Å². The highest BCUT2D eigenvalue weighted by Crippen LogP contribution is 2.46. The first kappa shape index (κ1) is 33.9. The summed E-state index contributed by atoms with van der Waals surface area (Å²) in [5, 5.41) is 9.80. The number of hydrogen-bond donors (Lipinski definition) is 1. The highest BCUT2D eigenvalue weighted by Gasteiger charge is 2.46. The minimum absolute atomic E-state index is 0.100. The summed E-state index contributed by atoms with van der Waals surface area (Å²) >= 11 is 0. The van der Waals surface area contributed by atoms with Gasteiger partial charge in [0.25, 0.3) is 0 Å². The van der Waals surface area contributed by atoms with Crippen molar-refractivity contribution in [2.45, 2.75) is 91.6 Å². The molecule has 1 aromatic heterocycles. The lowest BCUT2D eigenvalue weighted by atomic mass is 9.71. The monoisotopic (exact) mass is 638 g/mol. The van der Waals surface area contributed by atoms with Crippen molar-refractivity contribution in [2.75, 3.05) is 49.1 Å². The fourth-order valence-corrected chi connectivity index (χ4v) is 7.66. The molecule has 2 aliphatic heterocycles. The summed E-state index contributed by atoms with van der Waals surface area (Å²) in [5.74, 6) is 1.43. The third-order valence-electron chi connectivity index (χ3n) is 10.1. The number of rotatable bonds is 9. The third kappa shape index (κ3) is 7.40. The van der Waals surface area contributed by atoms with Gasteiger partial charge in [-0.2, -0.15) is 0 Å². The third-order valence-corrected chi connectivity index (χ3v) is 10.1. The van der Waals surface area contributed by atoms with E-state index in [1.165, 1.54) is 18.5 Å². The Hall–Kier alpha value is -3.47. The number of ether oxygens (including phenoxy) is 1. The van der Waals surface area contributed by atoms with Gasteiger partial charge < -0.3 is 29.4 Å². The fourth-order valence-electron chi connectivity index (χ4n) is 7.66. The maximum atomic E-state index is 14.3. The molecule has 10 nitrogen and oxygen atoms in total. The molecule has 1 saturated carbocycles. The van der Waals surface area contributed by atoms with E-state index >= 15 is 0 Å². The predicted molar refractivity (Wildman–Crippen MR) is 177 cm³/mol. The second-order valence-electron chi connectivity index (χ2n) is 14.8. The van der Waals surface area contributed by atoms with Gasteiger partial charge in [0.1, 0.15) is 12.1 Å². The van der Waals surface area contributed by atoms with E-state index in [4.69, 9.17) is 4.74 Å². The minimum Gasteiger partial charge on any atom is -0.465 e. The van der Waals surface area contributed by atoms with Crippen LogP contribution in [0.1, 0.15) is 80.1 Å². The zero-order valence-corrected chi connectivity index (χ0v) is 28.3. The first-order chi connectivity index (χ1) is 21.8. The lowest BCUT2D eigenvalue weighted by Gasteiger charge is -2.55. The van der Waals surface area contributed by atoms with Crippen molar-refractivity contribution in [3.63, 3.8) is 0 Å². The predicted octanol–water partition coefficient (Wildman–Crippen LogP) is 6.66. The maximum Gasteiger partial charge on any atom is 0.407 e. The molecule has 1 spiro atoms. The second kappa shape index (κ2) is 13.7. The molecule has 0 atom stereocenters. The quantitative estimate of drug-likeness (QED) is 0.326. The van der Waals surface area contributed by atoms with Gasteiger partial charge in [-0.1, -0.05) is 13.8 Å². The summed E-state index contributed by atoms with van der Waals surface area (Å²) in [4.78, 5) is 41.7. The lowest BCUT2D eigenvalue weighted by molar-refractivity contribution is -0.121. The molecule has 2 amide bonds. The maximum absolute atomic E-state index is 14.3. The van der Waals surface area contributed by atoms with Crippen LogP contribution in [0.25, 0.3) is 0 Å². The number of carboxylic acid groups (broad SMARTS) is 1. The number of benzene rings is 1. The van der Waals surface area contributed by atoms with Crippen molar-refractivity contribution in [3.8, 4) is 11.5 Å². The van der Waals surface area contributed by atoms with Gasteiger partial charge in [0.05, 0.1) is 11.9 Å². The molecule has 1 N–H and O–H groups in total. The van der Waals surface area contributed by atoms with Crippen LogP contribution in [0.2, 0.25) is 0 Å². The number of anilines is 2. The summed E-state index contributed by atoms with van der Waals surface area (Å²) in [7, 11) is 0. The van der Waals surface area contributed by atoms with E-state index in [0.717, 1.165) is 71.2 Å². The van der Waals surface area contributed by atoms with E-state index in [2.05, 4.69) is 19.8 Å². The van der Waals surface area contributed by atoms with E-state index in [0.29, 0.717) is 35.5 Å². The van der Waals surface area contributed by atoms with Gasteiger partial charge in [-0.25, -0.2) is 19.2 Å². The number of nitrogens with zero attached hydrogens (tertiary/aromatic N) is 6. The SMILES string of the molecule is CCN(C(=O)C(C)C)c1cc(F)ccc1Oc1cncnc1N1CC2(CCN(C[C@H]3CC[C@H](N(C(=O)O)C(C)(C)C)CC3)CC2)C1. The highest BCUT2D eigenvalue weighted by molar-refractivity contribution is 5.96. The summed E-state index contributed by atoms with van der Waals surface area (Å²) < 4.78 is 20.7. The van der Waals surface area contributed by atoms with Crippen LogP contribution in [0, 0.1) is 23.1 Å². The van der Waals surface area contributed by atoms with Gasteiger partial charge >= 0.3 is 6.09 Å². The molecule has 2 aromatic rings. The van der Waals surface area contributed by atoms with E-state index < -0.39 is 11.9 Å². The lowest BCUT2D eigenvalue weighted by Crippen LogP contribution is -2.61. The Bertz CT molecular complexity index is 1370. The molecule has 46 heavy (non-hydrogen) atoms. The van der Waals surface area contributed by atoms with E-state index in [1.54, 1.807) is 22.1 Å². The Labute approximate surface area is 272 Å². The molecular formula is C35H51FN6O4. The Morgan fingerprint density at radius 3 is 2.37 bits per heavy atom. The number of aromatic nitrogens is 2. The van der Waals surface area contributed by atoms with Crippen molar-refractivity contribution < 1.29 is 23.8 Å². The Balaban J connectivity index is 1.16. The molecule has 0 unspecified atom stereocenters. The number of carbonyl (C=O) groups is 2. The van der Waals surface area contributed by atoms with Crippen molar-refractivity contribution >= 4 is 23.5 Å². The van der Waals surface area contributed by atoms with Crippen LogP contribution in [0.5, 0.6) is 11.5 Å². The number of likely N-dealkylation sites (tertiary alicyclic amines) is 1. The number of carbonyl (C=O) groups excluding carboxylic acids is 1. The molecule has 1 aromatic carbocycles. The number of hydrogen-bond acceptors (Lipinski definition) is 7. The zero-order chi connectivity index (χ0) is 33.2. The van der Waals surface area contributed by atoms with E-state index in [-0.39, 0.29) is 28.8 Å². The second-order valence-corrected chi connectivity index (χ2v) is 14.8. The summed E-state index contributed by atoms with van der Waals surface area (Å²) in [6.45, 7) is 16.9. The standard InChI is InChI=1S/C35H51FN6O4/c1-7-41(32(43)24(2)3)28-18-26(36)10-13-29(28)46-30-19-37-23-38-31(30)40-21-35(22-40)14-16-39(17-15-35)20-25-8-11-27(12-9-25)42(33(44)45)34(4,5)6/h10,13,18-19,23-25,27H,7-9,11-12,14-17,20-22H2,1-6H3,(H,44,45)/t25-,27-. The normalized spacial score (nSPS) is 21.6. The summed E-state index contributed by atoms with van der Waals surface area (Å²) in [6, 6.07) is 4.35. The van der Waals surface area contributed by atoms with Crippen LogP contribution in [0.4, 0.5) is 20.7 Å². The van der Waals surface area contributed by atoms with Crippen molar-refractivity contribution in [1.29, 1.82) is 0 Å². The number of piperidine rings is 1. The molecule has 0 radical (unpaired) electrons. The van der Waals surface area contributed by atoms with E-state index in [1.807, 2.05) is 41.5 Å². The van der Waals surface area contributed by atoms with Crippen LogP contribution in [0.3, 0.4) is 0 Å². The number of amides is 2. The molecule has 3 fully saturated rings. The highest BCUT2D eigenvalue weighted by atomic mass is 19.1.